The van der Waals surface area contributed by atoms with Crippen molar-refractivity contribution < 1.29 is 14.3 Å². The van der Waals surface area contributed by atoms with Gasteiger partial charge in [0.2, 0.25) is 0 Å². The molecule has 5 nitrogen and oxygen atoms in total. The van der Waals surface area contributed by atoms with Crippen molar-refractivity contribution in [3.8, 4) is 11.5 Å². The molecule has 1 aliphatic heterocycles. The lowest BCUT2D eigenvalue weighted by molar-refractivity contribution is 0.187. The largest absolute Gasteiger partial charge is 0.493 e. The number of rotatable bonds is 5. The average Bonchev–Trinajstić information content (AvgIpc) is 2.70. The minimum absolute atomic E-state index is 0.0667. The molecule has 1 unspecified atom stereocenters. The summed E-state index contributed by atoms with van der Waals surface area (Å²) in [6.07, 6.45) is 1.58. The Hall–Kier alpha value is -2.40. The minimum Gasteiger partial charge on any atom is -0.493 e. The van der Waals surface area contributed by atoms with E-state index in [4.69, 9.17) is 21.1 Å². The van der Waals surface area contributed by atoms with E-state index < -0.39 is 0 Å². The molecule has 3 rings (SSSR count). The second-order valence-electron chi connectivity index (χ2n) is 6.61. The number of carbonyl (C=O) groups excluding carboxylic acids is 1. The second-order valence-corrected chi connectivity index (χ2v) is 7.05. The van der Waals surface area contributed by atoms with Gasteiger partial charge in [-0.1, -0.05) is 30.7 Å². The van der Waals surface area contributed by atoms with Gasteiger partial charge in [-0.2, -0.15) is 0 Å². The monoisotopic (exact) mass is 388 g/mol. The Morgan fingerprint density at radius 3 is 2.52 bits per heavy atom. The number of amides is 2. The van der Waals surface area contributed by atoms with E-state index in [1.807, 2.05) is 41.3 Å². The van der Waals surface area contributed by atoms with Crippen LogP contribution in [0.1, 0.15) is 36.1 Å². The van der Waals surface area contributed by atoms with Gasteiger partial charge in [-0.05, 0) is 53.8 Å². The van der Waals surface area contributed by atoms with Gasteiger partial charge in [0.25, 0.3) is 0 Å². The molecule has 0 saturated heterocycles. The summed E-state index contributed by atoms with van der Waals surface area (Å²) >= 11 is 6.10. The van der Waals surface area contributed by atoms with Crippen molar-refractivity contribution in [3.63, 3.8) is 0 Å². The van der Waals surface area contributed by atoms with Crippen molar-refractivity contribution in [1.29, 1.82) is 0 Å². The van der Waals surface area contributed by atoms with Crippen molar-refractivity contribution >= 4 is 17.6 Å². The molecule has 2 amide bonds. The number of carbonyl (C=O) groups is 1. The summed E-state index contributed by atoms with van der Waals surface area (Å²) in [7, 11) is 3.25. The standard InChI is InChI=1S/C21H25ClN2O3/c1-4-18(15-6-5-7-17(22)10-15)23-21(25)24-9-8-14-11-19(26-2)20(27-3)12-16(14)13-24/h5-7,10-12,18H,4,8-9,13H2,1-3H3,(H,23,25). The number of urea groups is 1. The molecule has 1 atom stereocenters. The molecule has 1 heterocycles. The molecule has 0 radical (unpaired) electrons. The molecule has 27 heavy (non-hydrogen) atoms. The molecule has 0 bridgehead atoms. The van der Waals surface area contributed by atoms with E-state index in [0.717, 1.165) is 29.7 Å². The zero-order chi connectivity index (χ0) is 19.4. The number of halogens is 1. The summed E-state index contributed by atoms with van der Waals surface area (Å²) in [5, 5.41) is 3.81. The maximum absolute atomic E-state index is 12.8. The number of hydrogen-bond donors (Lipinski definition) is 1. The molecular weight excluding hydrogens is 364 g/mol. The van der Waals surface area contributed by atoms with Gasteiger partial charge in [0.1, 0.15) is 0 Å². The highest BCUT2D eigenvalue weighted by molar-refractivity contribution is 6.30. The lowest BCUT2D eigenvalue weighted by atomic mass is 9.99. The Balaban J connectivity index is 1.73. The van der Waals surface area contributed by atoms with Crippen LogP contribution in [0.25, 0.3) is 0 Å². The normalized spacial score (nSPS) is 14.3. The lowest BCUT2D eigenvalue weighted by Crippen LogP contribution is -2.44. The molecular formula is C21H25ClN2O3. The molecule has 6 heteroatoms. The molecule has 144 valence electrons. The molecule has 0 spiro atoms. The Bertz CT molecular complexity index is 825. The van der Waals surface area contributed by atoms with E-state index >= 15 is 0 Å². The van der Waals surface area contributed by atoms with Crippen LogP contribution in [-0.4, -0.2) is 31.7 Å². The SMILES string of the molecule is CCC(NC(=O)N1CCc2cc(OC)c(OC)cc2C1)c1cccc(Cl)c1. The fourth-order valence-electron chi connectivity index (χ4n) is 3.44. The van der Waals surface area contributed by atoms with Crippen LogP contribution in [-0.2, 0) is 13.0 Å². The molecule has 0 aromatic heterocycles. The van der Waals surface area contributed by atoms with Crippen LogP contribution in [0.15, 0.2) is 36.4 Å². The van der Waals surface area contributed by atoms with Crippen LogP contribution >= 0.6 is 11.6 Å². The number of nitrogens with zero attached hydrogens (tertiary/aromatic N) is 1. The van der Waals surface area contributed by atoms with Gasteiger partial charge < -0.3 is 19.7 Å². The summed E-state index contributed by atoms with van der Waals surface area (Å²) in [6, 6.07) is 11.5. The molecule has 0 aliphatic carbocycles. The van der Waals surface area contributed by atoms with Crippen LogP contribution in [0, 0.1) is 0 Å². The van der Waals surface area contributed by atoms with Gasteiger partial charge >= 0.3 is 6.03 Å². The molecule has 2 aromatic carbocycles. The molecule has 0 saturated carbocycles. The van der Waals surface area contributed by atoms with Gasteiger partial charge in [-0.3, -0.25) is 0 Å². The number of ether oxygens (including phenoxy) is 2. The first-order valence-electron chi connectivity index (χ1n) is 9.10. The second kappa shape index (κ2) is 8.53. The van der Waals surface area contributed by atoms with Crippen molar-refractivity contribution in [1.82, 2.24) is 10.2 Å². The van der Waals surface area contributed by atoms with Crippen LogP contribution in [0.2, 0.25) is 5.02 Å². The van der Waals surface area contributed by atoms with Crippen molar-refractivity contribution in [2.24, 2.45) is 0 Å². The zero-order valence-corrected chi connectivity index (χ0v) is 16.7. The predicted molar refractivity (Wildman–Crippen MR) is 107 cm³/mol. The number of benzene rings is 2. The van der Waals surface area contributed by atoms with Crippen molar-refractivity contribution in [3.05, 3.63) is 58.1 Å². The Labute approximate surface area is 165 Å². The minimum atomic E-state index is -0.0674. The smallest absolute Gasteiger partial charge is 0.318 e. The van der Waals surface area contributed by atoms with E-state index in [-0.39, 0.29) is 12.1 Å². The van der Waals surface area contributed by atoms with Gasteiger partial charge in [0.15, 0.2) is 11.5 Å². The first-order chi connectivity index (χ1) is 13.0. The Kier molecular flexibility index (Phi) is 6.11. The first-order valence-corrected chi connectivity index (χ1v) is 9.48. The fraction of sp³-hybridized carbons (Fsp3) is 0.381. The number of nitrogens with one attached hydrogen (secondary N) is 1. The third kappa shape index (κ3) is 4.30. The molecule has 1 N–H and O–H groups in total. The van der Waals surface area contributed by atoms with Gasteiger partial charge in [-0.25, -0.2) is 4.79 Å². The molecule has 2 aromatic rings. The average molecular weight is 389 g/mol. The topological polar surface area (TPSA) is 50.8 Å². The summed E-state index contributed by atoms with van der Waals surface area (Å²) in [6.45, 7) is 3.27. The number of fused-ring (bicyclic) bond motifs is 1. The first kappa shape index (κ1) is 19.4. The summed E-state index contributed by atoms with van der Waals surface area (Å²) < 4.78 is 10.8. The maximum atomic E-state index is 12.8. The predicted octanol–water partition coefficient (Wildman–Crippen LogP) is 4.58. The Morgan fingerprint density at radius 2 is 1.89 bits per heavy atom. The van der Waals surface area contributed by atoms with E-state index in [9.17, 15) is 4.79 Å². The quantitative estimate of drug-likeness (QED) is 0.815. The molecule has 1 aliphatic rings. The van der Waals surface area contributed by atoms with Crippen LogP contribution in [0.5, 0.6) is 11.5 Å². The summed E-state index contributed by atoms with van der Waals surface area (Å²) in [5.74, 6) is 1.41. The maximum Gasteiger partial charge on any atom is 0.318 e. The third-order valence-corrected chi connectivity index (χ3v) is 5.20. The van der Waals surface area contributed by atoms with Gasteiger partial charge in [0.05, 0.1) is 20.3 Å². The van der Waals surface area contributed by atoms with Crippen LogP contribution in [0.3, 0.4) is 0 Å². The lowest BCUT2D eigenvalue weighted by Gasteiger charge is -2.31. The highest BCUT2D eigenvalue weighted by atomic mass is 35.5. The van der Waals surface area contributed by atoms with E-state index in [0.29, 0.717) is 23.9 Å². The summed E-state index contributed by atoms with van der Waals surface area (Å²) in [5.41, 5.74) is 3.30. The van der Waals surface area contributed by atoms with Crippen LogP contribution < -0.4 is 14.8 Å². The number of hydrogen-bond acceptors (Lipinski definition) is 3. The van der Waals surface area contributed by atoms with E-state index in [1.165, 1.54) is 5.56 Å². The highest BCUT2D eigenvalue weighted by Crippen LogP contribution is 2.33. The van der Waals surface area contributed by atoms with Crippen LogP contribution in [0.4, 0.5) is 4.79 Å². The fourth-order valence-corrected chi connectivity index (χ4v) is 3.64. The highest BCUT2D eigenvalue weighted by Gasteiger charge is 2.24. The zero-order valence-electron chi connectivity index (χ0n) is 15.9. The van der Waals surface area contributed by atoms with Crippen molar-refractivity contribution in [2.45, 2.75) is 32.4 Å². The van der Waals surface area contributed by atoms with Gasteiger partial charge in [-0.15, -0.1) is 0 Å². The number of methoxy groups -OCH3 is 2. The Morgan fingerprint density at radius 1 is 1.19 bits per heavy atom. The van der Waals surface area contributed by atoms with E-state index in [2.05, 4.69) is 12.2 Å². The summed E-state index contributed by atoms with van der Waals surface area (Å²) in [4.78, 5) is 14.7. The van der Waals surface area contributed by atoms with Crippen molar-refractivity contribution in [2.75, 3.05) is 20.8 Å². The van der Waals surface area contributed by atoms with Gasteiger partial charge in [0, 0.05) is 18.1 Å². The third-order valence-electron chi connectivity index (χ3n) is 4.96. The molecule has 0 fully saturated rings. The van der Waals surface area contributed by atoms with E-state index in [1.54, 1.807) is 14.2 Å².